The topological polar surface area (TPSA) is 75.6 Å². The molecule has 0 radical (unpaired) electrons. The summed E-state index contributed by atoms with van der Waals surface area (Å²) in [5, 5.41) is 3.52. The SMILES string of the molecule is Cc1cccc(NC2=C/C(=N/S(=O)(=O)c3ccc(Cl)cc3)c3ccccc3C2=O)c1. The lowest BCUT2D eigenvalue weighted by Gasteiger charge is -2.19. The maximum absolute atomic E-state index is 13.0. The fraction of sp³-hybridized carbons (Fsp3) is 0.0435. The summed E-state index contributed by atoms with van der Waals surface area (Å²) in [6.45, 7) is 1.95. The third-order valence-corrected chi connectivity index (χ3v) is 6.16. The number of aryl methyl sites for hydroxylation is 1. The zero-order valence-corrected chi connectivity index (χ0v) is 17.5. The summed E-state index contributed by atoms with van der Waals surface area (Å²) >= 11 is 5.86. The van der Waals surface area contributed by atoms with Gasteiger partial charge < -0.3 is 5.32 Å². The first-order valence-electron chi connectivity index (χ1n) is 9.13. The summed E-state index contributed by atoms with van der Waals surface area (Å²) in [7, 11) is -3.99. The first kappa shape index (κ1) is 20.1. The Labute approximate surface area is 179 Å². The largest absolute Gasteiger partial charge is 0.352 e. The number of ketones is 1. The van der Waals surface area contributed by atoms with Crippen LogP contribution in [-0.2, 0) is 10.0 Å². The highest BCUT2D eigenvalue weighted by Crippen LogP contribution is 2.25. The number of hydrogen-bond donors (Lipinski definition) is 1. The molecule has 1 N–H and O–H groups in total. The van der Waals surface area contributed by atoms with E-state index >= 15 is 0 Å². The van der Waals surface area contributed by atoms with Crippen LogP contribution in [0, 0.1) is 6.92 Å². The third-order valence-electron chi connectivity index (χ3n) is 4.60. The van der Waals surface area contributed by atoms with Gasteiger partial charge in [0.25, 0.3) is 10.0 Å². The Morgan fingerprint density at radius 3 is 2.30 bits per heavy atom. The molecule has 30 heavy (non-hydrogen) atoms. The van der Waals surface area contributed by atoms with E-state index in [1.165, 1.54) is 30.3 Å². The number of fused-ring (bicyclic) bond motifs is 1. The van der Waals surface area contributed by atoms with E-state index in [2.05, 4.69) is 9.71 Å². The quantitative estimate of drug-likeness (QED) is 0.623. The van der Waals surface area contributed by atoms with E-state index in [1.54, 1.807) is 24.3 Å². The van der Waals surface area contributed by atoms with Crippen molar-refractivity contribution >= 4 is 38.8 Å². The maximum atomic E-state index is 13.0. The molecule has 0 heterocycles. The molecule has 0 saturated carbocycles. The van der Waals surface area contributed by atoms with Crippen LogP contribution in [0.5, 0.6) is 0 Å². The van der Waals surface area contributed by atoms with Gasteiger partial charge in [-0.3, -0.25) is 4.79 Å². The molecular formula is C23H17ClN2O3S. The predicted molar refractivity (Wildman–Crippen MR) is 119 cm³/mol. The summed E-state index contributed by atoms with van der Waals surface area (Å²) in [6, 6.07) is 20.2. The minimum absolute atomic E-state index is 0.0235. The average molecular weight is 437 g/mol. The molecule has 4 rings (SSSR count). The van der Waals surface area contributed by atoms with Crippen molar-refractivity contribution < 1.29 is 13.2 Å². The average Bonchev–Trinajstić information content (AvgIpc) is 2.72. The number of carbonyl (C=O) groups excluding carboxylic acids is 1. The molecular weight excluding hydrogens is 420 g/mol. The Kier molecular flexibility index (Phi) is 5.28. The number of allylic oxidation sites excluding steroid dienone is 2. The van der Waals surface area contributed by atoms with Crippen LogP contribution in [0.3, 0.4) is 0 Å². The van der Waals surface area contributed by atoms with Crippen molar-refractivity contribution in [1.29, 1.82) is 0 Å². The number of carbonyl (C=O) groups is 1. The van der Waals surface area contributed by atoms with Crippen molar-refractivity contribution in [2.45, 2.75) is 11.8 Å². The van der Waals surface area contributed by atoms with Crippen LogP contribution in [-0.4, -0.2) is 19.9 Å². The number of sulfonamides is 1. The number of anilines is 1. The molecule has 3 aromatic carbocycles. The fourth-order valence-corrected chi connectivity index (χ4v) is 4.29. The number of rotatable bonds is 4. The highest BCUT2D eigenvalue weighted by atomic mass is 35.5. The van der Waals surface area contributed by atoms with Crippen LogP contribution in [0.25, 0.3) is 0 Å². The molecule has 150 valence electrons. The van der Waals surface area contributed by atoms with Gasteiger partial charge in [-0.25, -0.2) is 0 Å². The number of halogens is 1. The first-order chi connectivity index (χ1) is 14.3. The molecule has 0 fully saturated rings. The van der Waals surface area contributed by atoms with Crippen LogP contribution >= 0.6 is 11.6 Å². The third kappa shape index (κ3) is 4.06. The summed E-state index contributed by atoms with van der Waals surface area (Å²) in [6.07, 6.45) is 1.47. The normalized spacial score (nSPS) is 14.9. The molecule has 0 aromatic heterocycles. The molecule has 0 atom stereocenters. The van der Waals surface area contributed by atoms with E-state index in [9.17, 15) is 13.2 Å². The summed E-state index contributed by atoms with van der Waals surface area (Å²) < 4.78 is 29.7. The van der Waals surface area contributed by atoms with E-state index < -0.39 is 10.0 Å². The van der Waals surface area contributed by atoms with Gasteiger partial charge in [-0.1, -0.05) is 48.0 Å². The van der Waals surface area contributed by atoms with Crippen molar-refractivity contribution in [3.63, 3.8) is 0 Å². The Morgan fingerprint density at radius 2 is 1.60 bits per heavy atom. The van der Waals surface area contributed by atoms with Crippen LogP contribution < -0.4 is 5.32 Å². The molecule has 1 aliphatic carbocycles. The highest BCUT2D eigenvalue weighted by Gasteiger charge is 2.26. The number of benzene rings is 3. The molecule has 0 amide bonds. The van der Waals surface area contributed by atoms with Crippen LogP contribution in [0.1, 0.15) is 21.5 Å². The Hall–Kier alpha value is -3.22. The second-order valence-corrected chi connectivity index (χ2v) is 8.87. The van der Waals surface area contributed by atoms with Gasteiger partial charge in [-0.15, -0.1) is 0 Å². The lowest BCUT2D eigenvalue weighted by molar-refractivity contribution is 0.103. The van der Waals surface area contributed by atoms with E-state index in [1.807, 2.05) is 31.2 Å². The van der Waals surface area contributed by atoms with Gasteiger partial charge >= 0.3 is 0 Å². The van der Waals surface area contributed by atoms with E-state index in [0.717, 1.165) is 11.3 Å². The Bertz CT molecular complexity index is 1310. The maximum Gasteiger partial charge on any atom is 0.282 e. The van der Waals surface area contributed by atoms with E-state index in [-0.39, 0.29) is 22.1 Å². The molecule has 0 spiro atoms. The fourth-order valence-electron chi connectivity index (χ4n) is 3.17. The minimum Gasteiger partial charge on any atom is -0.352 e. The number of nitrogens with zero attached hydrogens (tertiary/aromatic N) is 1. The zero-order valence-electron chi connectivity index (χ0n) is 16.0. The lowest BCUT2D eigenvalue weighted by atomic mass is 9.92. The molecule has 0 bridgehead atoms. The monoisotopic (exact) mass is 436 g/mol. The van der Waals surface area contributed by atoms with Gasteiger partial charge in [-0.2, -0.15) is 12.8 Å². The molecule has 3 aromatic rings. The van der Waals surface area contributed by atoms with Crippen LogP contribution in [0.2, 0.25) is 5.02 Å². The summed E-state index contributed by atoms with van der Waals surface area (Å²) in [4.78, 5) is 13.0. The molecule has 0 unspecified atom stereocenters. The van der Waals surface area contributed by atoms with Gasteiger partial charge in [0.05, 0.1) is 16.3 Å². The number of Topliss-reactive ketones (excluding diaryl/α,β-unsaturated/α-hetero) is 1. The van der Waals surface area contributed by atoms with Gasteiger partial charge in [-0.05, 0) is 55.0 Å². The van der Waals surface area contributed by atoms with Crippen molar-refractivity contribution in [2.75, 3.05) is 5.32 Å². The first-order valence-corrected chi connectivity index (χ1v) is 11.0. The van der Waals surface area contributed by atoms with Crippen molar-refractivity contribution in [2.24, 2.45) is 4.40 Å². The second-order valence-electron chi connectivity index (χ2n) is 6.83. The Morgan fingerprint density at radius 1 is 0.900 bits per heavy atom. The highest BCUT2D eigenvalue weighted by molar-refractivity contribution is 7.90. The van der Waals surface area contributed by atoms with Crippen LogP contribution in [0.4, 0.5) is 5.69 Å². The van der Waals surface area contributed by atoms with E-state index in [0.29, 0.717) is 16.1 Å². The van der Waals surface area contributed by atoms with Gasteiger partial charge in [0.1, 0.15) is 0 Å². The zero-order chi connectivity index (χ0) is 21.3. The van der Waals surface area contributed by atoms with Gasteiger partial charge in [0.15, 0.2) is 0 Å². The van der Waals surface area contributed by atoms with Crippen molar-refractivity contribution in [1.82, 2.24) is 0 Å². The van der Waals surface area contributed by atoms with Gasteiger partial charge in [0, 0.05) is 21.8 Å². The predicted octanol–water partition coefficient (Wildman–Crippen LogP) is 5.02. The summed E-state index contributed by atoms with van der Waals surface area (Å²) in [5.41, 5.74) is 3.06. The Balaban J connectivity index is 1.81. The van der Waals surface area contributed by atoms with E-state index in [4.69, 9.17) is 11.6 Å². The summed E-state index contributed by atoms with van der Waals surface area (Å²) in [5.74, 6) is -0.227. The minimum atomic E-state index is -3.99. The van der Waals surface area contributed by atoms with Crippen molar-refractivity contribution in [3.05, 3.63) is 106 Å². The molecule has 0 aliphatic heterocycles. The molecule has 0 saturated heterocycles. The second kappa shape index (κ2) is 7.89. The standard InChI is InChI=1S/C23H17ClN2O3S/c1-15-5-4-6-17(13-15)25-22-14-21(19-7-2-3-8-20(19)23(22)27)26-30(28,29)18-11-9-16(24)10-12-18/h2-14,25H,1H3/b26-21-. The molecule has 7 heteroatoms. The molecule has 1 aliphatic rings. The smallest absolute Gasteiger partial charge is 0.282 e. The lowest BCUT2D eigenvalue weighted by Crippen LogP contribution is -2.22. The van der Waals surface area contributed by atoms with Crippen LogP contribution in [0.15, 0.2) is 93.9 Å². The molecule has 5 nitrogen and oxygen atoms in total. The van der Waals surface area contributed by atoms with Crippen molar-refractivity contribution in [3.8, 4) is 0 Å². The number of hydrogen-bond acceptors (Lipinski definition) is 4. The van der Waals surface area contributed by atoms with Gasteiger partial charge in [0.2, 0.25) is 5.78 Å². The number of nitrogens with one attached hydrogen (secondary N) is 1.